The van der Waals surface area contributed by atoms with Crippen LogP contribution in [0.25, 0.3) is 0 Å². The number of anilines is 5. The van der Waals surface area contributed by atoms with Crippen LogP contribution in [0.3, 0.4) is 0 Å². The van der Waals surface area contributed by atoms with Crippen LogP contribution in [-0.4, -0.2) is 44.8 Å². The molecule has 0 radical (unpaired) electrons. The Bertz CT molecular complexity index is 964. The molecule has 0 unspecified atom stereocenters. The van der Waals surface area contributed by atoms with Crippen molar-refractivity contribution in [2.75, 3.05) is 36.5 Å². The first-order chi connectivity index (χ1) is 13.5. The summed E-state index contributed by atoms with van der Waals surface area (Å²) in [6.45, 7) is 2.13. The zero-order chi connectivity index (χ0) is 19.7. The second kappa shape index (κ2) is 7.65. The molecule has 8 nitrogen and oxygen atoms in total. The zero-order valence-electron chi connectivity index (χ0n) is 15.7. The predicted molar refractivity (Wildman–Crippen MR) is 112 cm³/mol. The Morgan fingerprint density at radius 3 is 2.64 bits per heavy atom. The summed E-state index contributed by atoms with van der Waals surface area (Å²) >= 11 is 6.01. The van der Waals surface area contributed by atoms with Crippen LogP contribution in [0.2, 0.25) is 5.02 Å². The van der Waals surface area contributed by atoms with E-state index in [-0.39, 0.29) is 5.82 Å². The average Bonchev–Trinajstić information content (AvgIpc) is 3.15. The molecule has 4 rings (SSSR count). The molecule has 2 aromatic heterocycles. The van der Waals surface area contributed by atoms with E-state index in [1.165, 1.54) is 6.20 Å². The number of hydrogen-bond donors (Lipinski definition) is 2. The fraction of sp³-hybridized carbons (Fsp3) is 0.316. The molecule has 1 fully saturated rings. The van der Waals surface area contributed by atoms with Crippen LogP contribution in [0.4, 0.5) is 28.8 Å². The molecule has 0 atom stereocenters. The molecule has 28 heavy (non-hydrogen) atoms. The molecule has 3 aromatic rings. The van der Waals surface area contributed by atoms with Gasteiger partial charge in [-0.05, 0) is 51.2 Å². The van der Waals surface area contributed by atoms with Crippen molar-refractivity contribution in [1.82, 2.24) is 24.6 Å². The second-order valence-electron chi connectivity index (χ2n) is 7.05. The average molecular weight is 399 g/mol. The van der Waals surface area contributed by atoms with Crippen LogP contribution in [-0.2, 0) is 0 Å². The molecule has 1 aliphatic heterocycles. The Morgan fingerprint density at radius 1 is 1.14 bits per heavy atom. The quantitative estimate of drug-likeness (QED) is 0.650. The van der Waals surface area contributed by atoms with Gasteiger partial charge < -0.3 is 16.4 Å². The van der Waals surface area contributed by atoms with Gasteiger partial charge in [-0.3, -0.25) is 9.58 Å². The highest BCUT2D eigenvalue weighted by Gasteiger charge is 2.22. The number of nitrogens with zero attached hydrogens (tertiary/aromatic N) is 6. The minimum Gasteiger partial charge on any atom is -0.399 e. The van der Waals surface area contributed by atoms with E-state index in [4.69, 9.17) is 23.1 Å². The van der Waals surface area contributed by atoms with E-state index in [2.05, 4.69) is 27.0 Å². The van der Waals surface area contributed by atoms with Gasteiger partial charge in [0, 0.05) is 11.9 Å². The van der Waals surface area contributed by atoms with Crippen molar-refractivity contribution >= 4 is 40.4 Å². The van der Waals surface area contributed by atoms with Crippen LogP contribution in [0.5, 0.6) is 0 Å². The fourth-order valence-corrected chi connectivity index (χ4v) is 3.52. The van der Waals surface area contributed by atoms with Gasteiger partial charge in [-0.15, -0.1) is 0 Å². The molecule has 0 bridgehead atoms. The molecule has 0 amide bonds. The molecule has 0 aliphatic carbocycles. The van der Waals surface area contributed by atoms with Crippen molar-refractivity contribution in [3.8, 4) is 0 Å². The van der Waals surface area contributed by atoms with Gasteiger partial charge in [0.05, 0.1) is 29.8 Å². The van der Waals surface area contributed by atoms with Crippen LogP contribution in [0.15, 0.2) is 42.9 Å². The number of aromatic nitrogens is 4. The summed E-state index contributed by atoms with van der Waals surface area (Å²) in [5.41, 5.74) is 14.2. The summed E-state index contributed by atoms with van der Waals surface area (Å²) in [6, 6.07) is 7.90. The number of likely N-dealkylation sites (tertiary alicyclic amines) is 1. The summed E-state index contributed by atoms with van der Waals surface area (Å²) in [5.74, 6) is 0.638. The first kappa shape index (κ1) is 18.5. The standard InChI is InChI=1S/C19H23ClN8/c1-26-7-5-14(6-8-26)27-12-16(10-24-27)28(15-4-2-3-13(21)9-15)19-23-11-17(20)18(22)25-19/h2-4,9-12,14H,5-8,21H2,1H3,(H2,22,23,25). The van der Waals surface area contributed by atoms with Gasteiger partial charge >= 0.3 is 0 Å². The monoisotopic (exact) mass is 398 g/mol. The van der Waals surface area contributed by atoms with E-state index in [1.54, 1.807) is 0 Å². The summed E-state index contributed by atoms with van der Waals surface area (Å²) in [6.07, 6.45) is 7.48. The van der Waals surface area contributed by atoms with Crippen molar-refractivity contribution < 1.29 is 0 Å². The van der Waals surface area contributed by atoms with Crippen LogP contribution in [0.1, 0.15) is 18.9 Å². The van der Waals surface area contributed by atoms with Crippen molar-refractivity contribution in [3.05, 3.63) is 47.9 Å². The maximum atomic E-state index is 6.01. The van der Waals surface area contributed by atoms with Gasteiger partial charge in [0.15, 0.2) is 0 Å². The maximum absolute atomic E-state index is 6.01. The number of rotatable bonds is 4. The molecule has 1 aromatic carbocycles. The molecule has 146 valence electrons. The number of benzene rings is 1. The molecule has 3 heterocycles. The third-order valence-corrected chi connectivity index (χ3v) is 5.29. The Labute approximate surface area is 168 Å². The highest BCUT2D eigenvalue weighted by molar-refractivity contribution is 6.32. The summed E-state index contributed by atoms with van der Waals surface area (Å²) in [4.78, 5) is 12.9. The fourth-order valence-electron chi connectivity index (χ4n) is 3.42. The minimum atomic E-state index is 0.225. The number of hydrogen-bond acceptors (Lipinski definition) is 7. The van der Waals surface area contributed by atoms with E-state index in [1.807, 2.05) is 46.2 Å². The number of nitrogen functional groups attached to an aromatic ring is 2. The minimum absolute atomic E-state index is 0.225. The summed E-state index contributed by atoms with van der Waals surface area (Å²) in [7, 11) is 2.15. The lowest BCUT2D eigenvalue weighted by Gasteiger charge is -2.29. The lowest BCUT2D eigenvalue weighted by atomic mass is 10.1. The lowest BCUT2D eigenvalue weighted by molar-refractivity contribution is 0.212. The third-order valence-electron chi connectivity index (χ3n) is 5.00. The SMILES string of the molecule is CN1CCC(n2cc(N(c3cccc(N)c3)c3ncc(Cl)c(N)n3)cn2)CC1. The first-order valence-electron chi connectivity index (χ1n) is 9.17. The van der Waals surface area contributed by atoms with Gasteiger partial charge in [-0.2, -0.15) is 10.1 Å². The number of nitrogens with two attached hydrogens (primary N) is 2. The van der Waals surface area contributed by atoms with Gasteiger partial charge in [0.25, 0.3) is 0 Å². The molecular formula is C19H23ClN8. The number of piperidine rings is 1. The Hall–Kier alpha value is -2.84. The third kappa shape index (κ3) is 3.74. The predicted octanol–water partition coefficient (Wildman–Crippen LogP) is 3.23. The summed E-state index contributed by atoms with van der Waals surface area (Å²) < 4.78 is 2.03. The molecule has 4 N–H and O–H groups in total. The van der Waals surface area contributed by atoms with Crippen LogP contribution in [0, 0.1) is 0 Å². The molecule has 0 saturated carbocycles. The van der Waals surface area contributed by atoms with Gasteiger partial charge in [0.2, 0.25) is 5.95 Å². The smallest absolute Gasteiger partial charge is 0.236 e. The lowest BCUT2D eigenvalue weighted by Crippen LogP contribution is -2.31. The topological polar surface area (TPSA) is 102 Å². The van der Waals surface area contributed by atoms with E-state index in [0.29, 0.717) is 22.7 Å². The van der Waals surface area contributed by atoms with E-state index >= 15 is 0 Å². The van der Waals surface area contributed by atoms with Crippen molar-refractivity contribution in [2.45, 2.75) is 18.9 Å². The number of halogens is 1. The zero-order valence-corrected chi connectivity index (χ0v) is 16.4. The normalized spacial score (nSPS) is 15.6. The molecule has 1 aliphatic rings. The molecule has 9 heteroatoms. The van der Waals surface area contributed by atoms with Crippen molar-refractivity contribution in [2.24, 2.45) is 0 Å². The highest BCUT2D eigenvalue weighted by atomic mass is 35.5. The van der Waals surface area contributed by atoms with E-state index in [9.17, 15) is 0 Å². The molecule has 0 spiro atoms. The van der Waals surface area contributed by atoms with E-state index < -0.39 is 0 Å². The summed E-state index contributed by atoms with van der Waals surface area (Å²) in [5, 5.41) is 4.93. The Morgan fingerprint density at radius 2 is 1.93 bits per heavy atom. The highest BCUT2D eigenvalue weighted by Crippen LogP contribution is 2.35. The van der Waals surface area contributed by atoms with Gasteiger partial charge in [-0.25, -0.2) is 4.98 Å². The molecule has 1 saturated heterocycles. The molecular weight excluding hydrogens is 376 g/mol. The van der Waals surface area contributed by atoms with Crippen molar-refractivity contribution in [3.63, 3.8) is 0 Å². The second-order valence-corrected chi connectivity index (χ2v) is 7.45. The van der Waals surface area contributed by atoms with Crippen LogP contribution >= 0.6 is 11.6 Å². The maximum Gasteiger partial charge on any atom is 0.236 e. The van der Waals surface area contributed by atoms with Gasteiger partial charge in [-0.1, -0.05) is 17.7 Å². The Kier molecular flexibility index (Phi) is 5.06. The van der Waals surface area contributed by atoms with E-state index in [0.717, 1.165) is 37.3 Å². The Balaban J connectivity index is 1.72. The largest absolute Gasteiger partial charge is 0.399 e. The van der Waals surface area contributed by atoms with Crippen LogP contribution < -0.4 is 16.4 Å². The first-order valence-corrected chi connectivity index (χ1v) is 9.55. The van der Waals surface area contributed by atoms with Crippen molar-refractivity contribution in [1.29, 1.82) is 0 Å². The van der Waals surface area contributed by atoms with Gasteiger partial charge in [0.1, 0.15) is 10.8 Å².